The van der Waals surface area contributed by atoms with Crippen LogP contribution in [0.1, 0.15) is 30.1 Å². The highest BCUT2D eigenvalue weighted by Crippen LogP contribution is 2.30. The summed E-state index contributed by atoms with van der Waals surface area (Å²) in [5.74, 6) is -4.96. The number of halogens is 2. The van der Waals surface area contributed by atoms with Crippen molar-refractivity contribution in [3.05, 3.63) is 11.5 Å². The van der Waals surface area contributed by atoms with Crippen LogP contribution in [0.5, 0.6) is 0 Å². The number of esters is 1. The Kier molecular flexibility index (Phi) is 2.92. The van der Waals surface area contributed by atoms with E-state index in [9.17, 15) is 13.6 Å². The van der Waals surface area contributed by atoms with Gasteiger partial charge in [-0.05, 0) is 6.92 Å². The summed E-state index contributed by atoms with van der Waals surface area (Å²) in [4.78, 5) is 14.4. The highest BCUT2D eigenvalue weighted by atomic mass is 19.3. The van der Waals surface area contributed by atoms with Crippen molar-refractivity contribution in [1.29, 1.82) is 0 Å². The minimum absolute atomic E-state index is 0.0498. The Morgan fingerprint density at radius 2 is 2.27 bits per heavy atom. The lowest BCUT2D eigenvalue weighted by atomic mass is 10.2. The highest BCUT2D eigenvalue weighted by Gasteiger charge is 2.36. The first-order valence-electron chi connectivity index (χ1n) is 4.18. The summed E-state index contributed by atoms with van der Waals surface area (Å²) < 4.78 is 35.0. The van der Waals surface area contributed by atoms with Gasteiger partial charge in [-0.25, -0.2) is 4.79 Å². The predicted molar refractivity (Wildman–Crippen MR) is 46.4 cm³/mol. The summed E-state index contributed by atoms with van der Waals surface area (Å²) in [6.45, 7) is 2.18. The molecule has 5 nitrogen and oxygen atoms in total. The van der Waals surface area contributed by atoms with Gasteiger partial charge in [-0.3, -0.25) is 0 Å². The molecular formula is C8H10F2N2O3. The Balaban J connectivity index is 3.12. The second kappa shape index (κ2) is 3.84. The number of alkyl halides is 2. The Labute approximate surface area is 84.2 Å². The van der Waals surface area contributed by atoms with Crippen LogP contribution in [0.2, 0.25) is 0 Å². The van der Waals surface area contributed by atoms with Gasteiger partial charge in [-0.2, -0.15) is 13.8 Å². The number of anilines is 1. The van der Waals surface area contributed by atoms with Crippen molar-refractivity contribution in [2.75, 3.05) is 12.3 Å². The van der Waals surface area contributed by atoms with E-state index in [0.29, 0.717) is 6.92 Å². The maximum absolute atomic E-state index is 12.9. The van der Waals surface area contributed by atoms with E-state index in [1.54, 1.807) is 6.92 Å². The fourth-order valence-corrected chi connectivity index (χ4v) is 0.969. The second-order valence-corrected chi connectivity index (χ2v) is 2.84. The van der Waals surface area contributed by atoms with E-state index < -0.39 is 29.4 Å². The van der Waals surface area contributed by atoms with Gasteiger partial charge in [0.15, 0.2) is 5.69 Å². The van der Waals surface area contributed by atoms with Gasteiger partial charge < -0.3 is 14.9 Å². The topological polar surface area (TPSA) is 78.3 Å². The highest BCUT2D eigenvalue weighted by molar-refractivity contribution is 5.88. The van der Waals surface area contributed by atoms with Crippen molar-refractivity contribution < 1.29 is 22.7 Å². The average Bonchev–Trinajstić information content (AvgIpc) is 2.47. The van der Waals surface area contributed by atoms with Crippen LogP contribution in [-0.2, 0) is 10.7 Å². The van der Waals surface area contributed by atoms with E-state index in [1.165, 1.54) is 0 Å². The maximum Gasteiger partial charge on any atom is 0.376 e. The molecule has 0 atom stereocenters. The average molecular weight is 220 g/mol. The van der Waals surface area contributed by atoms with Crippen molar-refractivity contribution in [2.24, 2.45) is 0 Å². The normalized spacial score (nSPS) is 11.5. The van der Waals surface area contributed by atoms with Gasteiger partial charge in [-0.1, -0.05) is 0 Å². The van der Waals surface area contributed by atoms with Gasteiger partial charge in [0, 0.05) is 6.92 Å². The van der Waals surface area contributed by atoms with Crippen LogP contribution in [0.25, 0.3) is 0 Å². The van der Waals surface area contributed by atoms with Gasteiger partial charge in [0.2, 0.25) is 5.76 Å². The first-order chi connectivity index (χ1) is 6.86. The van der Waals surface area contributed by atoms with Gasteiger partial charge >= 0.3 is 5.97 Å². The van der Waals surface area contributed by atoms with E-state index in [0.717, 1.165) is 0 Å². The van der Waals surface area contributed by atoms with Crippen molar-refractivity contribution >= 4 is 12.0 Å². The lowest BCUT2D eigenvalue weighted by Gasteiger charge is -2.07. The number of nitrogens with zero attached hydrogens (tertiary/aromatic N) is 1. The molecule has 0 aliphatic rings. The van der Waals surface area contributed by atoms with Crippen molar-refractivity contribution in [2.45, 2.75) is 19.8 Å². The molecule has 0 aliphatic carbocycles. The van der Waals surface area contributed by atoms with Crippen LogP contribution in [0, 0.1) is 0 Å². The number of hydrogen-bond acceptors (Lipinski definition) is 5. The van der Waals surface area contributed by atoms with E-state index in [2.05, 4.69) is 14.1 Å². The third kappa shape index (κ3) is 2.42. The minimum Gasteiger partial charge on any atom is -0.460 e. The second-order valence-electron chi connectivity index (χ2n) is 2.84. The first kappa shape index (κ1) is 11.4. The molecule has 0 fully saturated rings. The number of rotatable bonds is 3. The number of ether oxygens (including phenoxy) is 1. The Hall–Kier alpha value is -1.66. The van der Waals surface area contributed by atoms with Crippen molar-refractivity contribution in [1.82, 2.24) is 4.98 Å². The number of nitrogen functional groups attached to an aromatic ring is 1. The summed E-state index contributed by atoms with van der Waals surface area (Å²) in [6.07, 6.45) is 0. The lowest BCUT2D eigenvalue weighted by molar-refractivity contribution is 0.00883. The minimum atomic E-state index is -3.30. The molecule has 1 rings (SSSR count). The molecule has 0 saturated heterocycles. The molecule has 0 aromatic carbocycles. The van der Waals surface area contributed by atoms with Crippen LogP contribution in [0.3, 0.4) is 0 Å². The number of aromatic nitrogens is 1. The molecule has 1 aromatic heterocycles. The molecule has 0 radical (unpaired) electrons. The van der Waals surface area contributed by atoms with E-state index in [1.807, 2.05) is 0 Å². The number of carbonyl (C=O) groups excluding carboxylic acids is 1. The molecule has 0 unspecified atom stereocenters. The standard InChI is InChI=1S/C8H10F2N2O3/c1-3-14-6(13)4-5(8(2,9)10)12-7(11)15-4/h3H2,1-2H3,(H2,11,12). The summed E-state index contributed by atoms with van der Waals surface area (Å²) >= 11 is 0. The molecule has 7 heteroatoms. The van der Waals surface area contributed by atoms with Crippen molar-refractivity contribution in [3.8, 4) is 0 Å². The van der Waals surface area contributed by atoms with E-state index in [-0.39, 0.29) is 6.61 Å². The summed E-state index contributed by atoms with van der Waals surface area (Å²) in [5, 5.41) is 0. The molecule has 0 aliphatic heterocycles. The molecule has 2 N–H and O–H groups in total. The summed E-state index contributed by atoms with van der Waals surface area (Å²) in [5.41, 5.74) is 4.28. The third-order valence-electron chi connectivity index (χ3n) is 1.52. The van der Waals surface area contributed by atoms with Crippen LogP contribution in [-0.4, -0.2) is 17.6 Å². The fraction of sp³-hybridized carbons (Fsp3) is 0.500. The van der Waals surface area contributed by atoms with Crippen LogP contribution < -0.4 is 5.73 Å². The molecule has 0 amide bonds. The maximum atomic E-state index is 12.9. The van der Waals surface area contributed by atoms with Crippen LogP contribution in [0.4, 0.5) is 14.8 Å². The Bertz CT molecular complexity index is 370. The van der Waals surface area contributed by atoms with Gasteiger partial charge in [0.25, 0.3) is 11.9 Å². The molecule has 0 spiro atoms. The summed E-state index contributed by atoms with van der Waals surface area (Å²) in [6, 6.07) is -0.491. The molecule has 1 aromatic rings. The summed E-state index contributed by atoms with van der Waals surface area (Å²) in [7, 11) is 0. The van der Waals surface area contributed by atoms with Crippen LogP contribution in [0.15, 0.2) is 4.42 Å². The smallest absolute Gasteiger partial charge is 0.376 e. The van der Waals surface area contributed by atoms with E-state index >= 15 is 0 Å². The SMILES string of the molecule is CCOC(=O)c1oc(N)nc1C(C)(F)F. The Morgan fingerprint density at radius 1 is 1.67 bits per heavy atom. The van der Waals surface area contributed by atoms with Gasteiger partial charge in [0.05, 0.1) is 6.61 Å². The molecule has 1 heterocycles. The Morgan fingerprint density at radius 3 is 2.73 bits per heavy atom. The third-order valence-corrected chi connectivity index (χ3v) is 1.52. The molecule has 84 valence electrons. The largest absolute Gasteiger partial charge is 0.460 e. The van der Waals surface area contributed by atoms with Gasteiger partial charge in [-0.15, -0.1) is 0 Å². The number of oxazole rings is 1. The molecule has 15 heavy (non-hydrogen) atoms. The van der Waals surface area contributed by atoms with Gasteiger partial charge in [0.1, 0.15) is 0 Å². The van der Waals surface area contributed by atoms with Crippen molar-refractivity contribution in [3.63, 3.8) is 0 Å². The molecule has 0 saturated carbocycles. The first-order valence-corrected chi connectivity index (χ1v) is 4.18. The number of nitrogens with two attached hydrogens (primary N) is 1. The monoisotopic (exact) mass is 220 g/mol. The zero-order valence-corrected chi connectivity index (χ0v) is 8.21. The fourth-order valence-electron chi connectivity index (χ4n) is 0.969. The lowest BCUT2D eigenvalue weighted by Crippen LogP contribution is -2.15. The van der Waals surface area contributed by atoms with E-state index in [4.69, 9.17) is 5.73 Å². The van der Waals surface area contributed by atoms with Crippen LogP contribution >= 0.6 is 0 Å². The predicted octanol–water partition coefficient (Wildman–Crippen LogP) is 1.55. The molecular weight excluding hydrogens is 210 g/mol. The zero-order valence-electron chi connectivity index (χ0n) is 8.21. The number of carbonyl (C=O) groups is 1. The number of hydrogen-bond donors (Lipinski definition) is 1. The molecule has 0 bridgehead atoms. The quantitative estimate of drug-likeness (QED) is 0.781. The zero-order chi connectivity index (χ0) is 11.6.